The van der Waals surface area contributed by atoms with E-state index >= 15 is 0 Å². The summed E-state index contributed by atoms with van der Waals surface area (Å²) in [6.07, 6.45) is 8.54. The minimum absolute atomic E-state index is 0.216. The van der Waals surface area contributed by atoms with Crippen LogP contribution in [0.3, 0.4) is 0 Å². The molecule has 0 saturated carbocycles. The first-order chi connectivity index (χ1) is 14.1. The fourth-order valence-corrected chi connectivity index (χ4v) is 3.05. The maximum absolute atomic E-state index is 12.9. The van der Waals surface area contributed by atoms with Gasteiger partial charge in [0.2, 0.25) is 5.44 Å². The molecule has 1 rings (SSSR count). The van der Waals surface area contributed by atoms with Crippen molar-refractivity contribution in [3.63, 3.8) is 0 Å². The maximum atomic E-state index is 12.9. The monoisotopic (exact) mass is 429 g/mol. The zero-order valence-electron chi connectivity index (χ0n) is 19.3. The molecule has 5 heteroatoms. The third kappa shape index (κ3) is 7.45. The summed E-state index contributed by atoms with van der Waals surface area (Å²) in [6.45, 7) is 18.0. The molecule has 1 aromatic rings. The minimum Gasteiger partial charge on any atom is -0.501 e. The van der Waals surface area contributed by atoms with Crippen LogP contribution in [0.15, 0.2) is 53.8 Å². The molecule has 0 aliphatic heterocycles. The van der Waals surface area contributed by atoms with Crippen molar-refractivity contribution in [2.24, 2.45) is 0 Å². The first-order valence-electron chi connectivity index (χ1n) is 9.97. The van der Waals surface area contributed by atoms with Gasteiger partial charge >= 0.3 is 0 Å². The zero-order chi connectivity index (χ0) is 22.9. The summed E-state index contributed by atoms with van der Waals surface area (Å²) in [5.74, 6) is 1.22. The lowest BCUT2D eigenvalue weighted by molar-refractivity contribution is -0.125. The Morgan fingerprint density at radius 3 is 2.57 bits per heavy atom. The highest BCUT2D eigenvalue weighted by Gasteiger charge is 2.28. The fourth-order valence-electron chi connectivity index (χ4n) is 2.57. The Bertz CT molecular complexity index is 922. The highest BCUT2D eigenvalue weighted by atomic mass is 32.2. The van der Waals surface area contributed by atoms with Crippen LogP contribution in [-0.4, -0.2) is 30.2 Å². The molecule has 1 N–H and O–H groups in total. The molecule has 0 aliphatic carbocycles. The number of rotatable bonds is 10. The van der Waals surface area contributed by atoms with E-state index in [1.165, 1.54) is 11.8 Å². The van der Waals surface area contributed by atoms with Crippen LogP contribution in [0.4, 0.5) is 0 Å². The van der Waals surface area contributed by atoms with Crippen molar-refractivity contribution in [3.05, 3.63) is 64.3 Å². The molecule has 4 nitrogen and oxygen atoms in total. The highest BCUT2D eigenvalue weighted by molar-refractivity contribution is 7.99. The normalized spacial score (nSPS) is 14.3. The van der Waals surface area contributed by atoms with E-state index in [4.69, 9.17) is 9.47 Å². The van der Waals surface area contributed by atoms with Crippen LogP contribution in [0.25, 0.3) is 12.7 Å². The third-order valence-electron chi connectivity index (χ3n) is 4.81. The molecular formula is C25H35NO3S. The van der Waals surface area contributed by atoms with E-state index in [1.54, 1.807) is 7.11 Å². The molecule has 0 spiro atoms. The average Bonchev–Trinajstić information content (AvgIpc) is 2.71. The summed E-state index contributed by atoms with van der Waals surface area (Å²) in [5.41, 5.74) is 0.550. The fraction of sp³-hybridized carbons (Fsp3) is 0.400. The van der Waals surface area contributed by atoms with Gasteiger partial charge in [0.25, 0.3) is 5.91 Å². The molecule has 1 aromatic carbocycles. The molecule has 1 atom stereocenters. The number of benzene rings is 1. The summed E-state index contributed by atoms with van der Waals surface area (Å²) in [7, 11) is 1.63. The van der Waals surface area contributed by atoms with Crippen molar-refractivity contribution in [3.8, 4) is 5.75 Å². The number of methoxy groups -OCH3 is 1. The lowest BCUT2D eigenvalue weighted by Crippen LogP contribution is -2.49. The molecule has 30 heavy (non-hydrogen) atoms. The summed E-state index contributed by atoms with van der Waals surface area (Å²) in [5, 5.41) is 4.91. The summed E-state index contributed by atoms with van der Waals surface area (Å²) in [6, 6.07) is 5.64. The number of amides is 1. The summed E-state index contributed by atoms with van der Waals surface area (Å²) < 4.78 is 11.3. The lowest BCUT2D eigenvalue weighted by Gasteiger charge is -2.29. The number of allylic oxidation sites excluding steroid dienone is 3. The van der Waals surface area contributed by atoms with E-state index in [0.717, 1.165) is 33.8 Å². The number of hydrogen-bond acceptors (Lipinski definition) is 4. The molecule has 1 amide bonds. The van der Waals surface area contributed by atoms with Gasteiger partial charge in [0.1, 0.15) is 5.75 Å². The van der Waals surface area contributed by atoms with Gasteiger partial charge in [0.05, 0.1) is 18.4 Å². The van der Waals surface area contributed by atoms with Gasteiger partial charge in [-0.1, -0.05) is 43.9 Å². The van der Waals surface area contributed by atoms with Gasteiger partial charge in [-0.3, -0.25) is 4.79 Å². The topological polar surface area (TPSA) is 47.6 Å². The van der Waals surface area contributed by atoms with E-state index in [9.17, 15) is 4.79 Å². The Morgan fingerprint density at radius 1 is 1.37 bits per heavy atom. The van der Waals surface area contributed by atoms with Gasteiger partial charge in [0.15, 0.2) is 0 Å². The second-order valence-electron chi connectivity index (χ2n) is 7.53. The first-order valence-corrected chi connectivity index (χ1v) is 11.3. The molecule has 164 valence electrons. The van der Waals surface area contributed by atoms with Crippen LogP contribution < -0.4 is 20.5 Å². The molecular weight excluding hydrogens is 394 g/mol. The SMILES string of the molecule is C=C(/C=C(/CC)OC)C(C)(C)NC(=O)C(Oc1ccc(=C)/c(=C\C(C)=C/C)c1)SC. The average molecular weight is 430 g/mol. The van der Waals surface area contributed by atoms with Crippen molar-refractivity contribution < 1.29 is 14.3 Å². The highest BCUT2D eigenvalue weighted by Crippen LogP contribution is 2.21. The Hall–Kier alpha value is -2.40. The zero-order valence-corrected chi connectivity index (χ0v) is 20.1. The van der Waals surface area contributed by atoms with Gasteiger partial charge < -0.3 is 14.8 Å². The van der Waals surface area contributed by atoms with Gasteiger partial charge in [-0.2, -0.15) is 0 Å². The van der Waals surface area contributed by atoms with Crippen LogP contribution in [0, 0.1) is 0 Å². The van der Waals surface area contributed by atoms with E-state index in [-0.39, 0.29) is 5.91 Å². The number of hydrogen-bond donors (Lipinski definition) is 1. The van der Waals surface area contributed by atoms with Crippen molar-refractivity contribution >= 4 is 30.3 Å². The van der Waals surface area contributed by atoms with Crippen molar-refractivity contribution in [2.45, 2.75) is 52.0 Å². The van der Waals surface area contributed by atoms with Gasteiger partial charge in [-0.05, 0) is 68.2 Å². The predicted molar refractivity (Wildman–Crippen MR) is 130 cm³/mol. The van der Waals surface area contributed by atoms with Crippen LogP contribution in [0.5, 0.6) is 5.75 Å². The molecule has 0 radical (unpaired) electrons. The van der Waals surface area contributed by atoms with E-state index in [2.05, 4.69) is 18.5 Å². The van der Waals surface area contributed by atoms with Crippen LogP contribution in [0.2, 0.25) is 0 Å². The first kappa shape index (κ1) is 25.6. The molecule has 0 heterocycles. The maximum Gasteiger partial charge on any atom is 0.272 e. The number of carbonyl (C=O) groups is 1. The van der Waals surface area contributed by atoms with E-state index in [0.29, 0.717) is 5.75 Å². The second-order valence-corrected chi connectivity index (χ2v) is 8.43. The van der Waals surface area contributed by atoms with Crippen LogP contribution in [0.1, 0.15) is 41.0 Å². The molecule has 0 saturated heterocycles. The van der Waals surface area contributed by atoms with E-state index < -0.39 is 11.0 Å². The number of nitrogens with one attached hydrogen (secondary N) is 1. The van der Waals surface area contributed by atoms with Gasteiger partial charge in [-0.25, -0.2) is 0 Å². The number of ether oxygens (including phenoxy) is 2. The Morgan fingerprint density at radius 2 is 2.03 bits per heavy atom. The molecule has 1 unspecified atom stereocenters. The van der Waals surface area contributed by atoms with Crippen molar-refractivity contribution in [1.82, 2.24) is 5.32 Å². The van der Waals surface area contributed by atoms with E-state index in [1.807, 2.05) is 77.3 Å². The third-order valence-corrected chi connectivity index (χ3v) is 5.55. The molecule has 0 fully saturated rings. The quantitative estimate of drug-likeness (QED) is 0.342. The summed E-state index contributed by atoms with van der Waals surface area (Å²) >= 11 is 1.34. The Labute approximate surface area is 185 Å². The lowest BCUT2D eigenvalue weighted by atomic mass is 9.94. The molecule has 0 aliphatic rings. The summed E-state index contributed by atoms with van der Waals surface area (Å²) in [4.78, 5) is 12.9. The smallest absolute Gasteiger partial charge is 0.272 e. The van der Waals surface area contributed by atoms with Crippen LogP contribution >= 0.6 is 11.8 Å². The molecule has 0 aromatic heterocycles. The molecule has 0 bridgehead atoms. The van der Waals surface area contributed by atoms with Crippen molar-refractivity contribution in [1.29, 1.82) is 0 Å². The Kier molecular flexibility index (Phi) is 10.00. The largest absolute Gasteiger partial charge is 0.501 e. The predicted octanol–water partition coefficient (Wildman–Crippen LogP) is 4.30. The minimum atomic E-state index is -0.694. The van der Waals surface area contributed by atoms with Crippen molar-refractivity contribution in [2.75, 3.05) is 13.4 Å². The van der Waals surface area contributed by atoms with Gasteiger partial charge in [-0.15, -0.1) is 11.8 Å². The second kappa shape index (κ2) is 11.7. The number of thioether (sulfide) groups is 1. The van der Waals surface area contributed by atoms with Crippen LogP contribution in [-0.2, 0) is 9.53 Å². The Balaban J connectivity index is 3.03. The number of carbonyl (C=O) groups excluding carboxylic acids is 1. The van der Waals surface area contributed by atoms with Gasteiger partial charge in [0, 0.05) is 6.42 Å². The standard InChI is InChI=1S/C25H35NO3S/c1-10-17(3)14-20-16-22(13-12-18(20)4)29-24(30-9)23(27)26-25(6,7)19(5)15-21(11-2)28-8/h10,12-16,24H,4-5,11H2,1-3,6-9H3,(H,26,27)/b17-10-,20-14-,21-15-.